The fraction of sp³-hybridized carbons (Fsp3) is 0.308. The van der Waals surface area contributed by atoms with Crippen molar-refractivity contribution >= 4 is 21.4 Å². The molecule has 1 aromatic carbocycles. The molecule has 1 aromatic heterocycles. The van der Waals surface area contributed by atoms with Crippen molar-refractivity contribution in [1.29, 1.82) is 0 Å². The van der Waals surface area contributed by atoms with Gasteiger partial charge in [0.2, 0.25) is 0 Å². The van der Waals surface area contributed by atoms with Gasteiger partial charge < -0.3 is 4.98 Å². The minimum absolute atomic E-state index is 0.00143. The molecule has 0 fully saturated rings. The van der Waals surface area contributed by atoms with Gasteiger partial charge >= 0.3 is 4.87 Å². The van der Waals surface area contributed by atoms with E-state index >= 15 is 0 Å². The lowest BCUT2D eigenvalue weighted by atomic mass is 10.1. The van der Waals surface area contributed by atoms with Crippen LogP contribution in [0.15, 0.2) is 33.3 Å². The maximum Gasteiger partial charge on any atom is 0.305 e. The number of thiazole rings is 1. The Morgan fingerprint density at radius 2 is 1.95 bits per heavy atom. The molecular weight excluding hydrogens is 315 g/mol. The van der Waals surface area contributed by atoms with Gasteiger partial charge in [0.25, 0.3) is 10.0 Å². The van der Waals surface area contributed by atoms with E-state index in [9.17, 15) is 17.6 Å². The van der Waals surface area contributed by atoms with Gasteiger partial charge in [-0.05, 0) is 38.0 Å². The lowest BCUT2D eigenvalue weighted by Gasteiger charge is -2.13. The van der Waals surface area contributed by atoms with E-state index < -0.39 is 14.9 Å². The van der Waals surface area contributed by atoms with Crippen LogP contribution in [0, 0.1) is 12.7 Å². The van der Waals surface area contributed by atoms with Crippen molar-refractivity contribution in [1.82, 2.24) is 9.71 Å². The molecular formula is C13H15FN2O3S2. The number of hydrogen-bond acceptors (Lipinski definition) is 4. The van der Waals surface area contributed by atoms with Crippen LogP contribution in [-0.4, -0.2) is 19.4 Å². The molecule has 1 heterocycles. The predicted octanol–water partition coefficient (Wildman–Crippen LogP) is 1.79. The quantitative estimate of drug-likeness (QED) is 0.877. The van der Waals surface area contributed by atoms with E-state index in [1.165, 1.54) is 19.1 Å². The van der Waals surface area contributed by atoms with Crippen molar-refractivity contribution in [2.75, 3.05) is 0 Å². The van der Waals surface area contributed by atoms with Crippen molar-refractivity contribution < 1.29 is 12.8 Å². The van der Waals surface area contributed by atoms with E-state index in [-0.39, 0.29) is 16.1 Å². The number of benzene rings is 1. The molecule has 1 atom stereocenters. The van der Waals surface area contributed by atoms with E-state index in [4.69, 9.17) is 0 Å². The van der Waals surface area contributed by atoms with Gasteiger partial charge in [-0.3, -0.25) is 4.79 Å². The fourth-order valence-corrected chi connectivity index (χ4v) is 4.54. The van der Waals surface area contributed by atoms with Crippen LogP contribution >= 0.6 is 11.3 Å². The summed E-state index contributed by atoms with van der Waals surface area (Å²) in [5.74, 6) is -0.334. The highest BCUT2D eigenvalue weighted by atomic mass is 32.2. The van der Waals surface area contributed by atoms with Crippen LogP contribution in [0.2, 0.25) is 0 Å². The van der Waals surface area contributed by atoms with Gasteiger partial charge in [0, 0.05) is 11.7 Å². The van der Waals surface area contributed by atoms with Crippen molar-refractivity contribution in [2.45, 2.75) is 30.5 Å². The Bertz CT molecular complexity index is 778. The third-order valence-electron chi connectivity index (χ3n) is 2.84. The highest BCUT2D eigenvalue weighted by Gasteiger charge is 2.22. The second-order valence-electron chi connectivity index (χ2n) is 4.78. The van der Waals surface area contributed by atoms with Crippen LogP contribution in [0.5, 0.6) is 0 Å². The molecule has 0 bridgehead atoms. The molecule has 2 rings (SSSR count). The Hall–Kier alpha value is -1.51. The molecule has 0 aliphatic carbocycles. The highest BCUT2D eigenvalue weighted by molar-refractivity contribution is 7.91. The molecule has 21 heavy (non-hydrogen) atoms. The Morgan fingerprint density at radius 1 is 1.33 bits per heavy atom. The molecule has 114 valence electrons. The molecule has 0 saturated carbocycles. The van der Waals surface area contributed by atoms with E-state index in [1.54, 1.807) is 19.1 Å². The van der Waals surface area contributed by atoms with Crippen LogP contribution in [0.3, 0.4) is 0 Å². The summed E-state index contributed by atoms with van der Waals surface area (Å²) in [4.78, 5) is 13.2. The average molecular weight is 330 g/mol. The first-order chi connectivity index (χ1) is 9.78. The summed E-state index contributed by atoms with van der Waals surface area (Å²) in [6.07, 6.45) is 0.428. The second kappa shape index (κ2) is 6.08. The number of aromatic nitrogens is 1. The fourth-order valence-electron chi connectivity index (χ4n) is 1.98. The number of aromatic amines is 1. The smallest absolute Gasteiger partial charge is 0.305 e. The van der Waals surface area contributed by atoms with Crippen molar-refractivity contribution in [3.63, 3.8) is 0 Å². The molecule has 0 aliphatic heterocycles. The van der Waals surface area contributed by atoms with Crippen molar-refractivity contribution in [2.24, 2.45) is 0 Å². The first kappa shape index (κ1) is 15.9. The van der Waals surface area contributed by atoms with Gasteiger partial charge in [0.1, 0.15) is 5.82 Å². The monoisotopic (exact) mass is 330 g/mol. The molecule has 0 saturated heterocycles. The molecule has 0 amide bonds. The van der Waals surface area contributed by atoms with E-state index in [1.807, 2.05) is 0 Å². The maximum absolute atomic E-state index is 12.8. The maximum atomic E-state index is 12.8. The molecule has 1 unspecified atom stereocenters. The first-order valence-corrected chi connectivity index (χ1v) is 8.54. The molecule has 0 spiro atoms. The first-order valence-electron chi connectivity index (χ1n) is 6.24. The molecule has 0 radical (unpaired) electrons. The molecule has 8 heteroatoms. The van der Waals surface area contributed by atoms with Crippen molar-refractivity contribution in [3.05, 3.63) is 51.0 Å². The summed E-state index contributed by atoms with van der Waals surface area (Å²) in [5, 5.41) is 0. The van der Waals surface area contributed by atoms with E-state index in [0.29, 0.717) is 23.5 Å². The van der Waals surface area contributed by atoms with Crippen LogP contribution < -0.4 is 9.60 Å². The standard InChI is InChI=1S/C13H15FN2O3S2/c1-8(7-10-3-5-11(14)6-4-10)16-21(18,19)12-9(2)15-13(17)20-12/h3-6,8,16H,7H2,1-2H3,(H,15,17). The van der Waals surface area contributed by atoms with Gasteiger partial charge in [0.05, 0.1) is 0 Å². The summed E-state index contributed by atoms with van der Waals surface area (Å²) >= 11 is 0.660. The van der Waals surface area contributed by atoms with Gasteiger partial charge in [0.15, 0.2) is 4.21 Å². The largest absolute Gasteiger partial charge is 0.315 e. The summed E-state index contributed by atoms with van der Waals surface area (Å²) in [5.41, 5.74) is 1.15. The predicted molar refractivity (Wildman–Crippen MR) is 79.6 cm³/mol. The Morgan fingerprint density at radius 3 is 2.48 bits per heavy atom. The normalized spacial score (nSPS) is 13.3. The minimum Gasteiger partial charge on any atom is -0.315 e. The average Bonchev–Trinajstić information content (AvgIpc) is 2.71. The lowest BCUT2D eigenvalue weighted by molar-refractivity contribution is 0.560. The van der Waals surface area contributed by atoms with Crippen LogP contribution in [-0.2, 0) is 16.4 Å². The zero-order chi connectivity index (χ0) is 15.6. The number of aryl methyl sites for hydroxylation is 1. The highest BCUT2D eigenvalue weighted by Crippen LogP contribution is 2.16. The van der Waals surface area contributed by atoms with Crippen LogP contribution in [0.4, 0.5) is 4.39 Å². The van der Waals surface area contributed by atoms with E-state index in [2.05, 4.69) is 9.71 Å². The van der Waals surface area contributed by atoms with Crippen LogP contribution in [0.25, 0.3) is 0 Å². The number of nitrogens with one attached hydrogen (secondary N) is 2. The second-order valence-corrected chi connectivity index (χ2v) is 7.67. The van der Waals surface area contributed by atoms with Crippen LogP contribution in [0.1, 0.15) is 18.2 Å². The summed E-state index contributed by atoms with van der Waals surface area (Å²) < 4.78 is 39.7. The zero-order valence-electron chi connectivity index (χ0n) is 11.5. The van der Waals surface area contributed by atoms with Gasteiger partial charge in [-0.25, -0.2) is 17.5 Å². The Kier molecular flexibility index (Phi) is 4.60. The molecule has 0 aliphatic rings. The lowest BCUT2D eigenvalue weighted by Crippen LogP contribution is -2.34. The summed E-state index contributed by atoms with van der Waals surface area (Å²) in [6.45, 7) is 3.25. The SMILES string of the molecule is Cc1[nH]c(=O)sc1S(=O)(=O)NC(C)Cc1ccc(F)cc1. The van der Waals surface area contributed by atoms with Gasteiger partial charge in [-0.1, -0.05) is 23.5 Å². The number of H-pyrrole nitrogens is 1. The minimum atomic E-state index is -3.73. The van der Waals surface area contributed by atoms with Gasteiger partial charge in [-0.15, -0.1) is 0 Å². The number of hydrogen-bond donors (Lipinski definition) is 2. The van der Waals surface area contributed by atoms with E-state index in [0.717, 1.165) is 5.56 Å². The third-order valence-corrected chi connectivity index (χ3v) is 6.03. The van der Waals surface area contributed by atoms with Crippen molar-refractivity contribution in [3.8, 4) is 0 Å². The molecule has 2 aromatic rings. The van der Waals surface area contributed by atoms with Gasteiger partial charge in [-0.2, -0.15) is 0 Å². The topological polar surface area (TPSA) is 79.0 Å². The number of halogens is 1. The third kappa shape index (κ3) is 3.99. The Balaban J connectivity index is 2.11. The number of sulfonamides is 1. The number of rotatable bonds is 5. The summed E-state index contributed by atoms with van der Waals surface area (Å²) in [6, 6.07) is 5.51. The molecule has 5 nitrogen and oxygen atoms in total. The Labute approximate surface area is 125 Å². The summed E-state index contributed by atoms with van der Waals surface area (Å²) in [7, 11) is -3.73. The zero-order valence-corrected chi connectivity index (χ0v) is 13.1. The molecule has 2 N–H and O–H groups in total.